The molecule has 0 saturated carbocycles. The number of amides is 1. The van der Waals surface area contributed by atoms with E-state index < -0.39 is 0 Å². The number of nitrogens with zero attached hydrogens (tertiary/aromatic N) is 1. The van der Waals surface area contributed by atoms with Gasteiger partial charge in [0.15, 0.2) is 12.6 Å². The van der Waals surface area contributed by atoms with Crippen LogP contribution in [0, 0.1) is 11.7 Å². The Bertz CT molecular complexity index is 693. The molecule has 0 radical (unpaired) electrons. The SMILES string of the molecule is CC(C)CNC(=O)C[NH+]1CCn2cccc2[C@@H]1c1ccc(F)cc1. The van der Waals surface area contributed by atoms with Crippen molar-refractivity contribution in [3.63, 3.8) is 0 Å². The Morgan fingerprint density at radius 3 is 2.79 bits per heavy atom. The monoisotopic (exact) mass is 330 g/mol. The molecule has 0 fully saturated rings. The van der Waals surface area contributed by atoms with E-state index in [2.05, 4.69) is 36.0 Å². The summed E-state index contributed by atoms with van der Waals surface area (Å²) >= 11 is 0. The van der Waals surface area contributed by atoms with Crippen LogP contribution in [0.25, 0.3) is 0 Å². The van der Waals surface area contributed by atoms with Crippen molar-refractivity contribution in [2.24, 2.45) is 5.92 Å². The second-order valence-electron chi connectivity index (χ2n) is 6.89. The predicted octanol–water partition coefficient (Wildman–Crippen LogP) is 1.39. The minimum Gasteiger partial charge on any atom is -0.351 e. The number of quaternary nitrogens is 1. The van der Waals surface area contributed by atoms with Gasteiger partial charge in [0.1, 0.15) is 5.82 Å². The van der Waals surface area contributed by atoms with Crippen molar-refractivity contribution < 1.29 is 14.1 Å². The summed E-state index contributed by atoms with van der Waals surface area (Å²) in [6, 6.07) is 10.8. The average Bonchev–Trinajstić information content (AvgIpc) is 3.02. The lowest BCUT2D eigenvalue weighted by Gasteiger charge is -2.33. The van der Waals surface area contributed by atoms with Gasteiger partial charge in [-0.25, -0.2) is 4.39 Å². The maximum atomic E-state index is 13.3. The van der Waals surface area contributed by atoms with Gasteiger partial charge in [0.25, 0.3) is 5.91 Å². The van der Waals surface area contributed by atoms with Gasteiger partial charge in [0.2, 0.25) is 0 Å². The third kappa shape index (κ3) is 3.67. The Morgan fingerprint density at radius 2 is 2.08 bits per heavy atom. The zero-order valence-electron chi connectivity index (χ0n) is 14.3. The molecular weight excluding hydrogens is 305 g/mol. The summed E-state index contributed by atoms with van der Waals surface area (Å²) in [5.41, 5.74) is 2.22. The molecule has 1 aliphatic rings. The molecule has 24 heavy (non-hydrogen) atoms. The first-order valence-electron chi connectivity index (χ1n) is 8.56. The van der Waals surface area contributed by atoms with Crippen molar-refractivity contribution in [3.8, 4) is 0 Å². The summed E-state index contributed by atoms with van der Waals surface area (Å²) in [4.78, 5) is 13.5. The molecule has 0 spiro atoms. The van der Waals surface area contributed by atoms with Crippen LogP contribution in [0.1, 0.15) is 31.1 Å². The minimum atomic E-state index is -0.235. The van der Waals surface area contributed by atoms with Crippen LogP contribution in [0.5, 0.6) is 0 Å². The van der Waals surface area contributed by atoms with Gasteiger partial charge in [0, 0.05) is 18.3 Å². The Morgan fingerprint density at radius 1 is 1.33 bits per heavy atom. The van der Waals surface area contributed by atoms with Gasteiger partial charge in [-0.3, -0.25) is 4.79 Å². The quantitative estimate of drug-likeness (QED) is 0.854. The molecule has 1 aliphatic heterocycles. The highest BCUT2D eigenvalue weighted by molar-refractivity contribution is 5.76. The lowest BCUT2D eigenvalue weighted by Crippen LogP contribution is -3.14. The largest absolute Gasteiger partial charge is 0.351 e. The average molecular weight is 330 g/mol. The summed E-state index contributed by atoms with van der Waals surface area (Å²) < 4.78 is 15.5. The Balaban J connectivity index is 1.82. The standard InChI is InChI=1S/C19H24FN3O/c1-14(2)12-21-18(24)13-23-11-10-22-9-3-4-17(22)19(23)15-5-7-16(20)8-6-15/h3-9,14,19H,10-13H2,1-2H3,(H,21,24)/p+1/t19-/m0/s1. The summed E-state index contributed by atoms with van der Waals surface area (Å²) in [5.74, 6) is 0.280. The van der Waals surface area contributed by atoms with E-state index in [9.17, 15) is 9.18 Å². The fraction of sp³-hybridized carbons (Fsp3) is 0.421. The molecular formula is C19H25FN3O+. The maximum absolute atomic E-state index is 13.3. The van der Waals surface area contributed by atoms with Crippen LogP contribution >= 0.6 is 0 Å². The van der Waals surface area contributed by atoms with E-state index in [1.165, 1.54) is 22.7 Å². The Hall–Kier alpha value is -2.14. The summed E-state index contributed by atoms with van der Waals surface area (Å²) in [5, 5.41) is 3.00. The molecule has 0 saturated heterocycles. The fourth-order valence-corrected chi connectivity index (χ4v) is 3.35. The van der Waals surface area contributed by atoms with Gasteiger partial charge in [-0.2, -0.15) is 0 Å². The van der Waals surface area contributed by atoms with Crippen molar-refractivity contribution in [2.75, 3.05) is 19.6 Å². The van der Waals surface area contributed by atoms with Gasteiger partial charge in [0.05, 0.1) is 18.8 Å². The van der Waals surface area contributed by atoms with E-state index in [1.807, 2.05) is 18.2 Å². The van der Waals surface area contributed by atoms with E-state index in [0.717, 1.165) is 18.7 Å². The summed E-state index contributed by atoms with van der Waals surface area (Å²) in [7, 11) is 0. The first-order chi connectivity index (χ1) is 11.5. The van der Waals surface area contributed by atoms with Crippen molar-refractivity contribution in [1.29, 1.82) is 0 Å². The van der Waals surface area contributed by atoms with Crippen molar-refractivity contribution in [3.05, 3.63) is 59.7 Å². The molecule has 1 amide bonds. The molecule has 3 rings (SSSR count). The number of nitrogens with one attached hydrogen (secondary N) is 2. The first-order valence-corrected chi connectivity index (χ1v) is 8.56. The number of hydrogen-bond donors (Lipinski definition) is 2. The van der Waals surface area contributed by atoms with Gasteiger partial charge >= 0.3 is 0 Å². The first kappa shape index (κ1) is 16.7. The summed E-state index contributed by atoms with van der Waals surface area (Å²) in [6.45, 7) is 7.07. The molecule has 1 aromatic heterocycles. The number of fused-ring (bicyclic) bond motifs is 1. The van der Waals surface area contributed by atoms with Crippen molar-refractivity contribution in [1.82, 2.24) is 9.88 Å². The third-order valence-electron chi connectivity index (χ3n) is 4.54. The Kier molecular flexibility index (Phi) is 5.00. The van der Waals surface area contributed by atoms with Crippen LogP contribution in [-0.4, -0.2) is 30.1 Å². The molecule has 4 nitrogen and oxygen atoms in total. The zero-order valence-corrected chi connectivity index (χ0v) is 14.3. The van der Waals surface area contributed by atoms with Crippen LogP contribution in [-0.2, 0) is 11.3 Å². The molecule has 128 valence electrons. The van der Waals surface area contributed by atoms with E-state index in [-0.39, 0.29) is 17.8 Å². The third-order valence-corrected chi connectivity index (χ3v) is 4.54. The van der Waals surface area contributed by atoms with E-state index in [1.54, 1.807) is 0 Å². The fourth-order valence-electron chi connectivity index (χ4n) is 3.35. The molecule has 0 bridgehead atoms. The van der Waals surface area contributed by atoms with Gasteiger partial charge in [-0.05, 0) is 42.3 Å². The maximum Gasteiger partial charge on any atom is 0.275 e. The highest BCUT2D eigenvalue weighted by atomic mass is 19.1. The number of benzene rings is 1. The van der Waals surface area contributed by atoms with E-state index in [0.29, 0.717) is 19.0 Å². The van der Waals surface area contributed by atoms with Crippen LogP contribution < -0.4 is 10.2 Å². The number of hydrogen-bond acceptors (Lipinski definition) is 1. The van der Waals surface area contributed by atoms with Gasteiger partial charge in [-0.1, -0.05) is 13.8 Å². The molecule has 2 heterocycles. The number of aromatic nitrogens is 1. The van der Waals surface area contributed by atoms with Crippen LogP contribution in [0.4, 0.5) is 4.39 Å². The van der Waals surface area contributed by atoms with Gasteiger partial charge in [-0.15, -0.1) is 0 Å². The number of rotatable bonds is 5. The number of carbonyl (C=O) groups excluding carboxylic acids is 1. The van der Waals surface area contributed by atoms with Crippen LogP contribution in [0.15, 0.2) is 42.6 Å². The molecule has 5 heteroatoms. The van der Waals surface area contributed by atoms with E-state index >= 15 is 0 Å². The smallest absolute Gasteiger partial charge is 0.275 e. The molecule has 0 aliphatic carbocycles. The van der Waals surface area contributed by atoms with Crippen molar-refractivity contribution >= 4 is 5.91 Å². The highest BCUT2D eigenvalue weighted by Crippen LogP contribution is 2.22. The topological polar surface area (TPSA) is 38.5 Å². The Labute approximate surface area is 142 Å². The molecule has 2 aromatic rings. The zero-order chi connectivity index (χ0) is 17.1. The van der Waals surface area contributed by atoms with Crippen LogP contribution in [0.3, 0.4) is 0 Å². The van der Waals surface area contributed by atoms with Crippen molar-refractivity contribution in [2.45, 2.75) is 26.4 Å². The molecule has 2 N–H and O–H groups in total. The lowest BCUT2D eigenvalue weighted by molar-refractivity contribution is -0.922. The molecule has 2 atom stereocenters. The number of halogens is 1. The number of carbonyl (C=O) groups is 1. The molecule has 1 unspecified atom stereocenters. The lowest BCUT2D eigenvalue weighted by atomic mass is 10.00. The second-order valence-corrected chi connectivity index (χ2v) is 6.89. The predicted molar refractivity (Wildman–Crippen MR) is 91.2 cm³/mol. The van der Waals surface area contributed by atoms with Gasteiger partial charge < -0.3 is 14.8 Å². The molecule has 1 aromatic carbocycles. The summed E-state index contributed by atoms with van der Waals surface area (Å²) in [6.07, 6.45) is 2.07. The minimum absolute atomic E-state index is 0.0548. The normalized spacial score (nSPS) is 20.0. The highest BCUT2D eigenvalue weighted by Gasteiger charge is 2.33. The van der Waals surface area contributed by atoms with E-state index in [4.69, 9.17) is 0 Å². The van der Waals surface area contributed by atoms with Crippen LogP contribution in [0.2, 0.25) is 0 Å². The second kappa shape index (κ2) is 7.18.